The van der Waals surface area contributed by atoms with Crippen LogP contribution in [0, 0.1) is 40.4 Å². The molecule has 0 saturated heterocycles. The molecule has 5 rings (SSSR count). The third kappa shape index (κ3) is 1.57. The van der Waals surface area contributed by atoms with Crippen LogP contribution in [-0.4, -0.2) is 27.7 Å². The average molecular weight is 316 g/mol. The smallest absolute Gasteiger partial charge is 0.142 e. The number of rotatable bonds is 0. The maximum Gasteiger partial charge on any atom is 0.142 e. The number of aliphatic hydroxyl groups is 2. The topological polar surface area (TPSA) is 57.5 Å². The van der Waals surface area contributed by atoms with E-state index in [9.17, 15) is 15.0 Å². The van der Waals surface area contributed by atoms with Gasteiger partial charge in [0.05, 0.1) is 11.7 Å². The van der Waals surface area contributed by atoms with Crippen LogP contribution < -0.4 is 0 Å². The molecule has 3 nitrogen and oxygen atoms in total. The first kappa shape index (κ1) is 14.7. The number of Topliss-reactive ketones (excluding diaryl/α,β-unsaturated/α-hetero) is 1. The Kier molecular flexibility index (Phi) is 2.62. The third-order valence-corrected chi connectivity index (χ3v) is 8.74. The quantitative estimate of drug-likeness (QED) is 0.676. The molecule has 5 aliphatic carbocycles. The van der Waals surface area contributed by atoms with Gasteiger partial charge in [-0.3, -0.25) is 4.79 Å². The molecule has 0 aromatic rings. The lowest BCUT2D eigenvalue weighted by Crippen LogP contribution is -2.61. The minimum absolute atomic E-state index is 0.112. The molecule has 0 aromatic carbocycles. The van der Waals surface area contributed by atoms with E-state index in [2.05, 4.69) is 19.9 Å². The first-order chi connectivity index (χ1) is 10.8. The van der Waals surface area contributed by atoms with Gasteiger partial charge in [0, 0.05) is 23.2 Å². The van der Waals surface area contributed by atoms with Crippen LogP contribution in [0.25, 0.3) is 0 Å². The van der Waals surface area contributed by atoms with Crippen LogP contribution in [-0.2, 0) is 4.79 Å². The molecule has 23 heavy (non-hydrogen) atoms. The molecule has 0 radical (unpaired) electrons. The van der Waals surface area contributed by atoms with Crippen molar-refractivity contribution in [2.45, 2.75) is 64.1 Å². The largest absolute Gasteiger partial charge is 0.393 e. The highest BCUT2D eigenvalue weighted by atomic mass is 16.3. The van der Waals surface area contributed by atoms with Crippen molar-refractivity contribution in [3.8, 4) is 0 Å². The van der Waals surface area contributed by atoms with Crippen LogP contribution >= 0.6 is 0 Å². The summed E-state index contributed by atoms with van der Waals surface area (Å²) in [5.74, 6) is 2.87. The number of carbonyl (C=O) groups is 1. The Morgan fingerprint density at radius 3 is 2.78 bits per heavy atom. The van der Waals surface area contributed by atoms with E-state index in [4.69, 9.17) is 0 Å². The van der Waals surface area contributed by atoms with Crippen LogP contribution in [0.2, 0.25) is 0 Å². The van der Waals surface area contributed by atoms with Crippen molar-refractivity contribution in [1.29, 1.82) is 0 Å². The molecular weight excluding hydrogens is 288 g/mol. The molecule has 4 fully saturated rings. The summed E-state index contributed by atoms with van der Waals surface area (Å²) in [6, 6.07) is 0. The molecule has 0 bridgehead atoms. The van der Waals surface area contributed by atoms with E-state index in [0.717, 1.165) is 32.1 Å². The standard InChI is InChI=1S/C20H28O3/c1-18-6-5-15-12(16(18)13-9-14(13)17(18)22)4-8-20(23)10-11(21)3-7-19(15,20)2/h4,8,11-16,21,23H,3,5-7,9-10H2,1-2H3/t11?,12?,13?,14?,15?,16?,18-,19+,20-/m0/s1. The Bertz CT molecular complexity index is 612. The zero-order valence-electron chi connectivity index (χ0n) is 14.2. The molecule has 0 aliphatic heterocycles. The van der Waals surface area contributed by atoms with Crippen molar-refractivity contribution in [2.75, 3.05) is 0 Å². The summed E-state index contributed by atoms with van der Waals surface area (Å²) in [6.45, 7) is 4.45. The minimum atomic E-state index is -0.870. The lowest BCUT2D eigenvalue weighted by molar-refractivity contribution is -0.169. The minimum Gasteiger partial charge on any atom is -0.393 e. The molecule has 3 heteroatoms. The highest BCUT2D eigenvalue weighted by Crippen LogP contribution is 2.71. The summed E-state index contributed by atoms with van der Waals surface area (Å²) < 4.78 is 0. The molecule has 0 spiro atoms. The van der Waals surface area contributed by atoms with E-state index in [0.29, 0.717) is 41.8 Å². The molecule has 6 unspecified atom stereocenters. The van der Waals surface area contributed by atoms with Crippen molar-refractivity contribution in [1.82, 2.24) is 0 Å². The van der Waals surface area contributed by atoms with Crippen molar-refractivity contribution < 1.29 is 15.0 Å². The zero-order valence-corrected chi connectivity index (χ0v) is 14.2. The maximum atomic E-state index is 12.7. The van der Waals surface area contributed by atoms with Crippen molar-refractivity contribution in [3.63, 3.8) is 0 Å². The highest BCUT2D eigenvalue weighted by molar-refractivity contribution is 5.92. The Morgan fingerprint density at radius 1 is 1.22 bits per heavy atom. The number of fused-ring (bicyclic) bond motifs is 7. The SMILES string of the molecule is C[C@]12CCC3C(C=C[C@]4(O)CC(O)CC[C@]34C)C1C1CC1C2=O. The maximum absolute atomic E-state index is 12.7. The van der Waals surface area contributed by atoms with Gasteiger partial charge >= 0.3 is 0 Å². The molecule has 0 amide bonds. The van der Waals surface area contributed by atoms with E-state index in [1.54, 1.807) is 0 Å². The summed E-state index contributed by atoms with van der Waals surface area (Å²) in [4.78, 5) is 12.7. The van der Waals surface area contributed by atoms with Crippen LogP contribution in [0.15, 0.2) is 12.2 Å². The molecule has 2 N–H and O–H groups in total. The molecule has 0 heterocycles. The van der Waals surface area contributed by atoms with Gasteiger partial charge < -0.3 is 10.2 Å². The summed E-state index contributed by atoms with van der Waals surface area (Å²) in [5.41, 5.74) is -1.13. The molecule has 9 atom stereocenters. The number of allylic oxidation sites excluding steroid dienone is 1. The molecule has 5 aliphatic rings. The second-order valence-electron chi connectivity index (χ2n) is 9.63. The number of aliphatic hydroxyl groups excluding tert-OH is 1. The van der Waals surface area contributed by atoms with Crippen LogP contribution in [0.5, 0.6) is 0 Å². The lowest BCUT2D eigenvalue weighted by atomic mass is 9.45. The predicted molar refractivity (Wildman–Crippen MR) is 86.5 cm³/mol. The first-order valence-electron chi connectivity index (χ1n) is 9.44. The van der Waals surface area contributed by atoms with Crippen molar-refractivity contribution in [2.24, 2.45) is 40.4 Å². The van der Waals surface area contributed by atoms with Gasteiger partial charge in [-0.25, -0.2) is 0 Å². The van der Waals surface area contributed by atoms with Crippen LogP contribution in [0.4, 0.5) is 0 Å². The summed E-state index contributed by atoms with van der Waals surface area (Å²) in [5, 5.41) is 21.3. The van der Waals surface area contributed by atoms with Gasteiger partial charge in [-0.1, -0.05) is 26.0 Å². The Balaban J connectivity index is 1.58. The molecule has 0 aromatic heterocycles. The molecule has 126 valence electrons. The number of hydrogen-bond acceptors (Lipinski definition) is 3. The van der Waals surface area contributed by atoms with Gasteiger partial charge in [0.2, 0.25) is 0 Å². The van der Waals surface area contributed by atoms with Crippen LogP contribution in [0.3, 0.4) is 0 Å². The normalized spacial score (nSPS) is 63.0. The summed E-state index contributed by atoms with van der Waals surface area (Å²) in [7, 11) is 0. The van der Waals surface area contributed by atoms with Gasteiger partial charge in [0.25, 0.3) is 0 Å². The van der Waals surface area contributed by atoms with E-state index < -0.39 is 5.60 Å². The van der Waals surface area contributed by atoms with Gasteiger partial charge in [0.15, 0.2) is 0 Å². The van der Waals surface area contributed by atoms with E-state index in [1.165, 1.54) is 0 Å². The van der Waals surface area contributed by atoms with Gasteiger partial charge in [-0.2, -0.15) is 0 Å². The van der Waals surface area contributed by atoms with Gasteiger partial charge in [0.1, 0.15) is 5.78 Å². The fourth-order valence-corrected chi connectivity index (χ4v) is 7.28. The number of ketones is 1. The predicted octanol–water partition coefficient (Wildman–Crippen LogP) is 2.71. The third-order valence-electron chi connectivity index (χ3n) is 8.74. The average Bonchev–Trinajstić information content (AvgIpc) is 3.23. The number of carbonyl (C=O) groups excluding carboxylic acids is 1. The zero-order chi connectivity index (χ0) is 16.2. The fourth-order valence-electron chi connectivity index (χ4n) is 7.28. The molecule has 4 saturated carbocycles. The second-order valence-corrected chi connectivity index (χ2v) is 9.63. The van der Waals surface area contributed by atoms with E-state index in [-0.39, 0.29) is 16.9 Å². The summed E-state index contributed by atoms with van der Waals surface area (Å²) >= 11 is 0. The number of hydrogen-bond donors (Lipinski definition) is 2. The lowest BCUT2D eigenvalue weighted by Gasteiger charge is -2.61. The van der Waals surface area contributed by atoms with Gasteiger partial charge in [-0.15, -0.1) is 0 Å². The van der Waals surface area contributed by atoms with E-state index in [1.807, 2.05) is 6.08 Å². The van der Waals surface area contributed by atoms with Gasteiger partial charge in [-0.05, 0) is 55.8 Å². The highest BCUT2D eigenvalue weighted by Gasteiger charge is 2.71. The van der Waals surface area contributed by atoms with Crippen LogP contribution in [0.1, 0.15) is 52.4 Å². The Hall–Kier alpha value is -0.670. The Morgan fingerprint density at radius 2 is 2.00 bits per heavy atom. The first-order valence-corrected chi connectivity index (χ1v) is 9.44. The summed E-state index contributed by atoms with van der Waals surface area (Å²) in [6.07, 6.45) is 9.15. The molecular formula is C20H28O3. The monoisotopic (exact) mass is 316 g/mol. The van der Waals surface area contributed by atoms with E-state index >= 15 is 0 Å². The van der Waals surface area contributed by atoms with Crippen molar-refractivity contribution in [3.05, 3.63) is 12.2 Å². The Labute approximate surface area is 138 Å². The van der Waals surface area contributed by atoms with Crippen molar-refractivity contribution >= 4 is 5.78 Å². The second kappa shape index (κ2) is 4.11. The fraction of sp³-hybridized carbons (Fsp3) is 0.850.